The maximum absolute atomic E-state index is 12.1. The lowest BCUT2D eigenvalue weighted by Gasteiger charge is -2.15. The average Bonchev–Trinajstić information content (AvgIpc) is 2.53. The maximum atomic E-state index is 12.1. The van der Waals surface area contributed by atoms with Crippen LogP contribution in [0.15, 0.2) is 54.6 Å². The van der Waals surface area contributed by atoms with E-state index in [1.54, 1.807) is 0 Å². The van der Waals surface area contributed by atoms with Crippen LogP contribution in [0.4, 0.5) is 5.69 Å². The Morgan fingerprint density at radius 1 is 1.04 bits per heavy atom. The van der Waals surface area contributed by atoms with Crippen LogP contribution >= 0.6 is 0 Å². The highest BCUT2D eigenvalue weighted by atomic mass is 16.2. The van der Waals surface area contributed by atoms with Crippen LogP contribution in [-0.4, -0.2) is 11.8 Å². The molecule has 2 rings (SSSR count). The van der Waals surface area contributed by atoms with Gasteiger partial charge in [-0.25, -0.2) is 0 Å². The lowest BCUT2D eigenvalue weighted by atomic mass is 10.1. The Morgan fingerprint density at radius 2 is 1.78 bits per heavy atom. The fourth-order valence-corrected chi connectivity index (χ4v) is 2.39. The summed E-state index contributed by atoms with van der Waals surface area (Å²) in [4.78, 5) is 23.2. The standard InChI is InChI=1S/C19H22N2O2/c1-14(17-9-6-10-18(13-17)21-15(2)22)20-19(23)12-11-16-7-4-3-5-8-16/h3-10,13-14H,11-12H2,1-2H3,(H,20,23)(H,21,22). The highest BCUT2D eigenvalue weighted by molar-refractivity contribution is 5.88. The quantitative estimate of drug-likeness (QED) is 0.858. The molecule has 120 valence electrons. The molecule has 0 heterocycles. The zero-order chi connectivity index (χ0) is 16.7. The molecule has 0 aliphatic heterocycles. The van der Waals surface area contributed by atoms with Crippen molar-refractivity contribution in [1.29, 1.82) is 0 Å². The van der Waals surface area contributed by atoms with Gasteiger partial charge in [-0.05, 0) is 36.6 Å². The van der Waals surface area contributed by atoms with Gasteiger partial charge in [0.1, 0.15) is 0 Å². The number of carbonyl (C=O) groups is 2. The van der Waals surface area contributed by atoms with Crippen molar-refractivity contribution in [3.05, 3.63) is 65.7 Å². The van der Waals surface area contributed by atoms with Crippen molar-refractivity contribution >= 4 is 17.5 Å². The molecule has 1 unspecified atom stereocenters. The van der Waals surface area contributed by atoms with Gasteiger partial charge in [0, 0.05) is 19.0 Å². The molecule has 0 radical (unpaired) electrons. The van der Waals surface area contributed by atoms with Crippen molar-refractivity contribution in [1.82, 2.24) is 5.32 Å². The third-order valence-electron chi connectivity index (χ3n) is 3.57. The number of carbonyl (C=O) groups excluding carboxylic acids is 2. The SMILES string of the molecule is CC(=O)Nc1cccc(C(C)NC(=O)CCc2ccccc2)c1. The van der Waals surface area contributed by atoms with Gasteiger partial charge in [0.05, 0.1) is 6.04 Å². The van der Waals surface area contributed by atoms with E-state index in [1.807, 2.05) is 61.5 Å². The molecular formula is C19H22N2O2. The maximum Gasteiger partial charge on any atom is 0.221 e. The first-order chi connectivity index (χ1) is 11.0. The molecule has 23 heavy (non-hydrogen) atoms. The zero-order valence-corrected chi connectivity index (χ0v) is 13.5. The van der Waals surface area contributed by atoms with Crippen LogP contribution in [0.2, 0.25) is 0 Å². The van der Waals surface area contributed by atoms with Crippen molar-refractivity contribution in [3.8, 4) is 0 Å². The minimum absolute atomic E-state index is 0.0197. The monoisotopic (exact) mass is 310 g/mol. The van der Waals surface area contributed by atoms with Gasteiger partial charge in [0.25, 0.3) is 0 Å². The number of anilines is 1. The van der Waals surface area contributed by atoms with Crippen LogP contribution < -0.4 is 10.6 Å². The summed E-state index contributed by atoms with van der Waals surface area (Å²) in [5, 5.41) is 5.74. The van der Waals surface area contributed by atoms with E-state index >= 15 is 0 Å². The smallest absolute Gasteiger partial charge is 0.221 e. The van der Waals surface area contributed by atoms with Gasteiger partial charge in [0.2, 0.25) is 11.8 Å². The Hall–Kier alpha value is -2.62. The number of benzene rings is 2. The fraction of sp³-hybridized carbons (Fsp3) is 0.263. The van der Waals surface area contributed by atoms with Gasteiger partial charge in [-0.3, -0.25) is 9.59 Å². The van der Waals surface area contributed by atoms with Gasteiger partial charge >= 0.3 is 0 Å². The second-order valence-electron chi connectivity index (χ2n) is 5.58. The summed E-state index contributed by atoms with van der Waals surface area (Å²) in [5.74, 6) is -0.0898. The molecule has 0 fully saturated rings. The lowest BCUT2D eigenvalue weighted by molar-refractivity contribution is -0.121. The number of nitrogens with one attached hydrogen (secondary N) is 2. The van der Waals surface area contributed by atoms with E-state index in [4.69, 9.17) is 0 Å². The van der Waals surface area contributed by atoms with E-state index in [-0.39, 0.29) is 17.9 Å². The van der Waals surface area contributed by atoms with E-state index in [2.05, 4.69) is 10.6 Å². The minimum Gasteiger partial charge on any atom is -0.350 e. The Labute approximate surface area is 136 Å². The topological polar surface area (TPSA) is 58.2 Å². The molecule has 4 heteroatoms. The largest absolute Gasteiger partial charge is 0.350 e. The predicted molar refractivity (Wildman–Crippen MR) is 92.1 cm³/mol. The normalized spacial score (nSPS) is 11.6. The highest BCUT2D eigenvalue weighted by Crippen LogP contribution is 2.17. The molecule has 0 aromatic heterocycles. The first-order valence-corrected chi connectivity index (χ1v) is 7.75. The molecule has 0 aliphatic rings. The Kier molecular flexibility index (Phi) is 5.92. The van der Waals surface area contributed by atoms with Crippen molar-refractivity contribution in [2.45, 2.75) is 32.7 Å². The third kappa shape index (κ3) is 5.58. The zero-order valence-electron chi connectivity index (χ0n) is 13.5. The van der Waals surface area contributed by atoms with E-state index < -0.39 is 0 Å². The van der Waals surface area contributed by atoms with Crippen LogP contribution in [0.1, 0.15) is 37.4 Å². The molecule has 0 saturated carbocycles. The van der Waals surface area contributed by atoms with Gasteiger partial charge in [0.15, 0.2) is 0 Å². The second-order valence-corrected chi connectivity index (χ2v) is 5.58. The van der Waals surface area contributed by atoms with E-state index in [0.717, 1.165) is 23.2 Å². The predicted octanol–water partition coefficient (Wildman–Crippen LogP) is 3.46. The van der Waals surface area contributed by atoms with Crippen LogP contribution in [0.25, 0.3) is 0 Å². The molecule has 2 amide bonds. The molecule has 2 aromatic carbocycles. The Morgan fingerprint density at radius 3 is 2.48 bits per heavy atom. The summed E-state index contributed by atoms with van der Waals surface area (Å²) >= 11 is 0. The first kappa shape index (κ1) is 16.7. The summed E-state index contributed by atoms with van der Waals surface area (Å²) in [7, 11) is 0. The van der Waals surface area contributed by atoms with E-state index in [0.29, 0.717) is 6.42 Å². The van der Waals surface area contributed by atoms with Gasteiger partial charge < -0.3 is 10.6 Å². The summed E-state index contributed by atoms with van der Waals surface area (Å²) in [5.41, 5.74) is 2.85. The highest BCUT2D eigenvalue weighted by Gasteiger charge is 2.10. The van der Waals surface area contributed by atoms with Crippen molar-refractivity contribution < 1.29 is 9.59 Å². The van der Waals surface area contributed by atoms with Crippen molar-refractivity contribution in [2.24, 2.45) is 0 Å². The number of hydrogen-bond donors (Lipinski definition) is 2. The van der Waals surface area contributed by atoms with Gasteiger partial charge in [-0.1, -0.05) is 42.5 Å². The number of aryl methyl sites for hydroxylation is 1. The number of rotatable bonds is 6. The van der Waals surface area contributed by atoms with E-state index in [9.17, 15) is 9.59 Å². The molecule has 0 aliphatic carbocycles. The fourth-order valence-electron chi connectivity index (χ4n) is 2.39. The average molecular weight is 310 g/mol. The molecule has 0 spiro atoms. The minimum atomic E-state index is -0.110. The van der Waals surface area contributed by atoms with Gasteiger partial charge in [-0.2, -0.15) is 0 Å². The molecule has 1 atom stereocenters. The summed E-state index contributed by atoms with van der Waals surface area (Å²) in [6.45, 7) is 3.41. The first-order valence-electron chi connectivity index (χ1n) is 7.75. The molecule has 0 saturated heterocycles. The molecule has 2 N–H and O–H groups in total. The summed E-state index contributed by atoms with van der Waals surface area (Å²) in [6.07, 6.45) is 1.19. The summed E-state index contributed by atoms with van der Waals surface area (Å²) in [6, 6.07) is 17.4. The van der Waals surface area contributed by atoms with Gasteiger partial charge in [-0.15, -0.1) is 0 Å². The third-order valence-corrected chi connectivity index (χ3v) is 3.57. The molecule has 0 bridgehead atoms. The van der Waals surface area contributed by atoms with Crippen LogP contribution in [0.5, 0.6) is 0 Å². The van der Waals surface area contributed by atoms with Crippen LogP contribution in [0.3, 0.4) is 0 Å². The molecule has 4 nitrogen and oxygen atoms in total. The molecule has 2 aromatic rings. The Balaban J connectivity index is 1.89. The molecular weight excluding hydrogens is 288 g/mol. The van der Waals surface area contributed by atoms with Crippen LogP contribution in [0, 0.1) is 0 Å². The van der Waals surface area contributed by atoms with Crippen molar-refractivity contribution in [2.75, 3.05) is 5.32 Å². The Bertz CT molecular complexity index is 668. The van der Waals surface area contributed by atoms with Crippen LogP contribution in [-0.2, 0) is 16.0 Å². The summed E-state index contributed by atoms with van der Waals surface area (Å²) < 4.78 is 0. The van der Waals surface area contributed by atoms with E-state index in [1.165, 1.54) is 6.92 Å². The number of amides is 2. The second kappa shape index (κ2) is 8.13. The number of hydrogen-bond acceptors (Lipinski definition) is 2. The van der Waals surface area contributed by atoms with Crippen molar-refractivity contribution in [3.63, 3.8) is 0 Å². The lowest BCUT2D eigenvalue weighted by Crippen LogP contribution is -2.26.